The van der Waals surface area contributed by atoms with Crippen LogP contribution in [0.5, 0.6) is 0 Å². The van der Waals surface area contributed by atoms with E-state index in [2.05, 4.69) is 10.6 Å². The van der Waals surface area contributed by atoms with Crippen molar-refractivity contribution in [3.8, 4) is 0 Å². The van der Waals surface area contributed by atoms with Crippen molar-refractivity contribution in [3.05, 3.63) is 35.9 Å². The molecule has 1 fully saturated rings. The molecule has 4 heteroatoms. The molecule has 4 nitrogen and oxygen atoms in total. The van der Waals surface area contributed by atoms with Gasteiger partial charge in [-0.05, 0) is 30.7 Å². The average molecular weight is 274 g/mol. The highest BCUT2D eigenvalue weighted by Crippen LogP contribution is 2.18. The second-order valence-corrected chi connectivity index (χ2v) is 5.42. The minimum absolute atomic E-state index is 0.0524. The number of rotatable bonds is 4. The van der Waals surface area contributed by atoms with Gasteiger partial charge < -0.3 is 10.6 Å². The fraction of sp³-hybridized carbons (Fsp3) is 0.500. The Morgan fingerprint density at radius 1 is 1.35 bits per heavy atom. The SMILES string of the molecule is C[C@H](CC(=O)N[C@@H]1CCCCNC1=O)c1ccccc1. The van der Waals surface area contributed by atoms with Crippen LogP contribution in [-0.2, 0) is 9.59 Å². The molecule has 0 radical (unpaired) electrons. The number of nitrogens with one attached hydrogen (secondary N) is 2. The average Bonchev–Trinajstić information content (AvgIpc) is 2.65. The Morgan fingerprint density at radius 3 is 2.85 bits per heavy atom. The van der Waals surface area contributed by atoms with Crippen LogP contribution >= 0.6 is 0 Å². The van der Waals surface area contributed by atoms with Crippen molar-refractivity contribution in [2.45, 2.75) is 44.6 Å². The molecule has 2 amide bonds. The van der Waals surface area contributed by atoms with Crippen LogP contribution in [-0.4, -0.2) is 24.4 Å². The van der Waals surface area contributed by atoms with Gasteiger partial charge in [0.1, 0.15) is 6.04 Å². The van der Waals surface area contributed by atoms with Gasteiger partial charge in [-0.15, -0.1) is 0 Å². The Morgan fingerprint density at radius 2 is 2.10 bits per heavy atom. The monoisotopic (exact) mass is 274 g/mol. The van der Waals surface area contributed by atoms with E-state index in [9.17, 15) is 9.59 Å². The van der Waals surface area contributed by atoms with Crippen LogP contribution in [0.4, 0.5) is 0 Å². The fourth-order valence-corrected chi connectivity index (χ4v) is 2.51. The maximum atomic E-state index is 12.1. The summed E-state index contributed by atoms with van der Waals surface area (Å²) >= 11 is 0. The quantitative estimate of drug-likeness (QED) is 0.882. The Balaban J connectivity index is 1.87. The van der Waals surface area contributed by atoms with Crippen molar-refractivity contribution in [2.75, 3.05) is 6.54 Å². The molecule has 1 heterocycles. The lowest BCUT2D eigenvalue weighted by molar-refractivity contribution is -0.129. The molecule has 2 N–H and O–H groups in total. The van der Waals surface area contributed by atoms with Crippen LogP contribution in [0.2, 0.25) is 0 Å². The summed E-state index contributed by atoms with van der Waals surface area (Å²) < 4.78 is 0. The summed E-state index contributed by atoms with van der Waals surface area (Å²) in [5, 5.41) is 5.69. The molecule has 1 aromatic rings. The van der Waals surface area contributed by atoms with E-state index >= 15 is 0 Å². The molecule has 2 rings (SSSR count). The Hall–Kier alpha value is -1.84. The first kappa shape index (κ1) is 14.6. The number of amides is 2. The summed E-state index contributed by atoms with van der Waals surface area (Å²) in [4.78, 5) is 23.8. The van der Waals surface area contributed by atoms with E-state index in [-0.39, 0.29) is 23.8 Å². The Labute approximate surface area is 119 Å². The third-order valence-electron chi connectivity index (χ3n) is 3.73. The lowest BCUT2D eigenvalue weighted by Crippen LogP contribution is -2.45. The molecule has 0 bridgehead atoms. The van der Waals surface area contributed by atoms with Gasteiger partial charge in [0, 0.05) is 13.0 Å². The Bertz CT molecular complexity index is 459. The van der Waals surface area contributed by atoms with E-state index < -0.39 is 0 Å². The molecular weight excluding hydrogens is 252 g/mol. The van der Waals surface area contributed by atoms with Crippen LogP contribution in [0.15, 0.2) is 30.3 Å². The van der Waals surface area contributed by atoms with Gasteiger partial charge >= 0.3 is 0 Å². The highest BCUT2D eigenvalue weighted by molar-refractivity contribution is 5.87. The lowest BCUT2D eigenvalue weighted by atomic mass is 9.97. The molecule has 1 aliphatic rings. The number of carbonyl (C=O) groups excluding carboxylic acids is 2. The van der Waals surface area contributed by atoms with Gasteiger partial charge in [0.2, 0.25) is 11.8 Å². The maximum Gasteiger partial charge on any atom is 0.242 e. The molecule has 0 aromatic heterocycles. The smallest absolute Gasteiger partial charge is 0.242 e. The maximum absolute atomic E-state index is 12.1. The van der Waals surface area contributed by atoms with Gasteiger partial charge in [0.25, 0.3) is 0 Å². The standard InChI is InChI=1S/C16H22N2O2/c1-12(13-7-3-2-4-8-13)11-15(19)18-14-9-5-6-10-17-16(14)20/h2-4,7-8,12,14H,5-6,9-11H2,1H3,(H,17,20)(H,18,19)/t12-,14-/m1/s1. The van der Waals surface area contributed by atoms with Gasteiger partial charge in [0.05, 0.1) is 0 Å². The van der Waals surface area contributed by atoms with Crippen molar-refractivity contribution in [1.82, 2.24) is 10.6 Å². The second kappa shape index (κ2) is 7.08. The third-order valence-corrected chi connectivity index (χ3v) is 3.73. The first-order valence-electron chi connectivity index (χ1n) is 7.29. The topological polar surface area (TPSA) is 58.2 Å². The molecule has 1 aromatic carbocycles. The van der Waals surface area contributed by atoms with E-state index in [1.165, 1.54) is 0 Å². The highest BCUT2D eigenvalue weighted by atomic mass is 16.2. The first-order chi connectivity index (χ1) is 9.66. The van der Waals surface area contributed by atoms with E-state index in [4.69, 9.17) is 0 Å². The first-order valence-corrected chi connectivity index (χ1v) is 7.29. The Kier molecular flexibility index (Phi) is 5.16. The summed E-state index contributed by atoms with van der Waals surface area (Å²) in [6.45, 7) is 2.74. The van der Waals surface area contributed by atoms with E-state index in [1.807, 2.05) is 37.3 Å². The third kappa shape index (κ3) is 4.08. The van der Waals surface area contributed by atoms with Gasteiger partial charge in [-0.3, -0.25) is 9.59 Å². The molecule has 20 heavy (non-hydrogen) atoms. The zero-order valence-corrected chi connectivity index (χ0v) is 11.9. The van der Waals surface area contributed by atoms with Crippen molar-refractivity contribution in [1.29, 1.82) is 0 Å². The van der Waals surface area contributed by atoms with Crippen LogP contribution < -0.4 is 10.6 Å². The van der Waals surface area contributed by atoms with Gasteiger partial charge in [-0.25, -0.2) is 0 Å². The summed E-state index contributed by atoms with van der Waals surface area (Å²) in [6.07, 6.45) is 3.10. The highest BCUT2D eigenvalue weighted by Gasteiger charge is 2.23. The molecule has 108 valence electrons. The van der Waals surface area contributed by atoms with Crippen molar-refractivity contribution in [2.24, 2.45) is 0 Å². The number of carbonyl (C=O) groups is 2. The normalized spacial score (nSPS) is 20.6. The molecule has 0 saturated carbocycles. The zero-order valence-electron chi connectivity index (χ0n) is 11.9. The molecule has 2 atom stereocenters. The molecule has 1 aliphatic heterocycles. The van der Waals surface area contributed by atoms with Crippen LogP contribution in [0.3, 0.4) is 0 Å². The summed E-state index contributed by atoms with van der Waals surface area (Å²) in [6, 6.07) is 9.59. The minimum Gasteiger partial charge on any atom is -0.354 e. The van der Waals surface area contributed by atoms with Crippen molar-refractivity contribution < 1.29 is 9.59 Å². The van der Waals surface area contributed by atoms with E-state index in [0.29, 0.717) is 13.0 Å². The van der Waals surface area contributed by atoms with Gasteiger partial charge in [0.15, 0.2) is 0 Å². The number of hydrogen-bond acceptors (Lipinski definition) is 2. The van der Waals surface area contributed by atoms with Crippen LogP contribution in [0.25, 0.3) is 0 Å². The molecular formula is C16H22N2O2. The van der Waals surface area contributed by atoms with Crippen LogP contribution in [0, 0.1) is 0 Å². The lowest BCUT2D eigenvalue weighted by Gasteiger charge is -2.17. The minimum atomic E-state index is -0.368. The largest absolute Gasteiger partial charge is 0.354 e. The molecule has 1 saturated heterocycles. The van der Waals surface area contributed by atoms with E-state index in [0.717, 1.165) is 24.8 Å². The van der Waals surface area contributed by atoms with Gasteiger partial charge in [-0.2, -0.15) is 0 Å². The molecule has 0 aliphatic carbocycles. The fourth-order valence-electron chi connectivity index (χ4n) is 2.51. The number of benzene rings is 1. The predicted molar refractivity (Wildman–Crippen MR) is 78.3 cm³/mol. The van der Waals surface area contributed by atoms with Crippen molar-refractivity contribution in [3.63, 3.8) is 0 Å². The summed E-state index contributed by atoms with van der Waals surface area (Å²) in [5.41, 5.74) is 1.15. The molecule has 0 spiro atoms. The van der Waals surface area contributed by atoms with Crippen molar-refractivity contribution >= 4 is 11.8 Å². The number of hydrogen-bond donors (Lipinski definition) is 2. The summed E-state index contributed by atoms with van der Waals surface area (Å²) in [7, 11) is 0. The van der Waals surface area contributed by atoms with E-state index in [1.54, 1.807) is 0 Å². The zero-order chi connectivity index (χ0) is 14.4. The second-order valence-electron chi connectivity index (χ2n) is 5.42. The van der Waals surface area contributed by atoms with Gasteiger partial charge in [-0.1, -0.05) is 37.3 Å². The molecule has 0 unspecified atom stereocenters. The van der Waals surface area contributed by atoms with Crippen LogP contribution in [0.1, 0.15) is 44.1 Å². The predicted octanol–water partition coefficient (Wildman–Crippen LogP) is 1.97. The summed E-state index contributed by atoms with van der Waals surface area (Å²) in [5.74, 6) is 0.0525.